The number of aliphatic hydroxyl groups is 1. The lowest BCUT2D eigenvalue weighted by molar-refractivity contribution is -0.137. The van der Waals surface area contributed by atoms with Crippen LogP contribution in [0.4, 0.5) is 0 Å². The fraction of sp³-hybridized carbons (Fsp3) is 0.762. The van der Waals surface area contributed by atoms with Crippen molar-refractivity contribution in [2.24, 2.45) is 0 Å². The minimum atomic E-state index is -0.720. The highest BCUT2D eigenvalue weighted by Crippen LogP contribution is 2.12. The van der Waals surface area contributed by atoms with Gasteiger partial charge < -0.3 is 10.2 Å². The first-order valence-electron chi connectivity index (χ1n) is 9.86. The number of rotatable bonds is 17. The van der Waals surface area contributed by atoms with Crippen LogP contribution >= 0.6 is 0 Å². The standard InChI is InChI=1S/C21H38O3/c1-2-3-4-5-11-14-17-20(22)18-15-12-9-7-6-8-10-13-16-19-21(23)24/h7-10,20,22H,2-6,11-19H2,1H3,(H,23,24)/b9-7-,10-8-/t20-/m1/s1. The van der Waals surface area contributed by atoms with E-state index in [1.807, 2.05) is 0 Å². The van der Waals surface area contributed by atoms with Crippen LogP contribution in [0.15, 0.2) is 24.3 Å². The molecule has 0 aromatic heterocycles. The van der Waals surface area contributed by atoms with Crippen molar-refractivity contribution in [3.63, 3.8) is 0 Å². The lowest BCUT2D eigenvalue weighted by atomic mass is 10.0. The normalized spacial score (nSPS) is 13.1. The van der Waals surface area contributed by atoms with Crippen LogP contribution in [0.25, 0.3) is 0 Å². The van der Waals surface area contributed by atoms with Crippen LogP contribution in [-0.4, -0.2) is 22.3 Å². The third-order valence-electron chi connectivity index (χ3n) is 4.17. The van der Waals surface area contributed by atoms with Gasteiger partial charge >= 0.3 is 5.97 Å². The Morgan fingerprint density at radius 2 is 1.42 bits per heavy atom. The van der Waals surface area contributed by atoms with Crippen LogP contribution in [0, 0.1) is 0 Å². The summed E-state index contributed by atoms with van der Waals surface area (Å²) in [5, 5.41) is 18.5. The number of aliphatic hydroxyl groups excluding tert-OH is 1. The molecule has 0 fully saturated rings. The summed E-state index contributed by atoms with van der Waals surface area (Å²) in [5.74, 6) is -0.720. The summed E-state index contributed by atoms with van der Waals surface area (Å²) in [4.78, 5) is 10.3. The quantitative estimate of drug-likeness (QED) is 0.252. The molecule has 0 aromatic carbocycles. The Morgan fingerprint density at radius 1 is 0.833 bits per heavy atom. The van der Waals surface area contributed by atoms with Gasteiger partial charge in [-0.15, -0.1) is 0 Å². The Bertz CT molecular complexity index is 334. The van der Waals surface area contributed by atoms with Gasteiger partial charge in [-0.2, -0.15) is 0 Å². The Morgan fingerprint density at radius 3 is 2.08 bits per heavy atom. The van der Waals surface area contributed by atoms with E-state index in [1.165, 1.54) is 32.1 Å². The lowest BCUT2D eigenvalue weighted by Crippen LogP contribution is -2.05. The number of carboxylic acids is 1. The minimum absolute atomic E-state index is 0.126. The van der Waals surface area contributed by atoms with E-state index in [9.17, 15) is 9.90 Å². The Labute approximate surface area is 148 Å². The molecular weight excluding hydrogens is 300 g/mol. The molecule has 3 nitrogen and oxygen atoms in total. The molecule has 24 heavy (non-hydrogen) atoms. The molecule has 3 heteroatoms. The van der Waals surface area contributed by atoms with Crippen molar-refractivity contribution in [3.8, 4) is 0 Å². The molecule has 0 amide bonds. The maximum absolute atomic E-state index is 10.3. The van der Waals surface area contributed by atoms with Gasteiger partial charge in [0.1, 0.15) is 0 Å². The molecular formula is C21H38O3. The highest BCUT2D eigenvalue weighted by Gasteiger charge is 2.02. The van der Waals surface area contributed by atoms with Crippen molar-refractivity contribution in [1.82, 2.24) is 0 Å². The van der Waals surface area contributed by atoms with Crippen molar-refractivity contribution in [1.29, 1.82) is 0 Å². The average molecular weight is 339 g/mol. The molecule has 140 valence electrons. The third kappa shape index (κ3) is 19.0. The van der Waals surface area contributed by atoms with Crippen molar-refractivity contribution in [2.45, 2.75) is 103 Å². The fourth-order valence-corrected chi connectivity index (χ4v) is 2.65. The zero-order chi connectivity index (χ0) is 17.9. The molecule has 0 aromatic rings. The predicted octanol–water partition coefficient (Wildman–Crippen LogP) is 6.03. The third-order valence-corrected chi connectivity index (χ3v) is 4.17. The second-order valence-corrected chi connectivity index (χ2v) is 6.61. The van der Waals surface area contributed by atoms with Gasteiger partial charge in [0.15, 0.2) is 0 Å². The van der Waals surface area contributed by atoms with E-state index in [0.717, 1.165) is 44.9 Å². The van der Waals surface area contributed by atoms with E-state index in [1.54, 1.807) is 0 Å². The first-order chi connectivity index (χ1) is 11.7. The number of hydrogen-bond donors (Lipinski definition) is 2. The maximum atomic E-state index is 10.3. The largest absolute Gasteiger partial charge is 0.481 e. The summed E-state index contributed by atoms with van der Waals surface area (Å²) in [6.45, 7) is 2.23. The van der Waals surface area contributed by atoms with Crippen molar-refractivity contribution >= 4 is 5.97 Å². The van der Waals surface area contributed by atoms with Crippen molar-refractivity contribution < 1.29 is 15.0 Å². The van der Waals surface area contributed by atoms with E-state index < -0.39 is 5.97 Å². The second kappa shape index (κ2) is 18.3. The molecule has 0 heterocycles. The van der Waals surface area contributed by atoms with Gasteiger partial charge in [-0.3, -0.25) is 4.79 Å². The fourth-order valence-electron chi connectivity index (χ4n) is 2.65. The first kappa shape index (κ1) is 22.9. The van der Waals surface area contributed by atoms with Crippen LogP contribution in [0.3, 0.4) is 0 Å². The molecule has 0 aliphatic rings. The Kier molecular flexibility index (Phi) is 17.4. The van der Waals surface area contributed by atoms with Crippen LogP contribution < -0.4 is 0 Å². The van der Waals surface area contributed by atoms with E-state index in [-0.39, 0.29) is 12.5 Å². The second-order valence-electron chi connectivity index (χ2n) is 6.61. The SMILES string of the molecule is CCCCCCCC[C@@H](O)CCC/C=C\C/C=C\CCCC(=O)O. The van der Waals surface area contributed by atoms with Gasteiger partial charge in [-0.25, -0.2) is 0 Å². The summed E-state index contributed by atoms with van der Waals surface area (Å²) in [7, 11) is 0. The zero-order valence-corrected chi connectivity index (χ0v) is 15.6. The van der Waals surface area contributed by atoms with Gasteiger partial charge in [-0.1, -0.05) is 69.8 Å². The molecule has 0 radical (unpaired) electrons. The number of carboxylic acid groups (broad SMARTS) is 1. The molecule has 2 N–H and O–H groups in total. The van der Waals surface area contributed by atoms with E-state index in [4.69, 9.17) is 5.11 Å². The number of hydrogen-bond acceptors (Lipinski definition) is 2. The summed E-state index contributed by atoms with van der Waals surface area (Å²) in [6, 6.07) is 0. The summed E-state index contributed by atoms with van der Waals surface area (Å²) < 4.78 is 0. The van der Waals surface area contributed by atoms with Gasteiger partial charge in [0.05, 0.1) is 6.10 Å². The molecule has 0 bridgehead atoms. The van der Waals surface area contributed by atoms with Crippen molar-refractivity contribution in [2.75, 3.05) is 0 Å². The first-order valence-corrected chi connectivity index (χ1v) is 9.86. The van der Waals surface area contributed by atoms with Gasteiger partial charge in [0, 0.05) is 6.42 Å². The van der Waals surface area contributed by atoms with E-state index in [2.05, 4.69) is 31.2 Å². The van der Waals surface area contributed by atoms with Crippen LogP contribution in [0.1, 0.15) is 96.8 Å². The molecule has 0 unspecified atom stereocenters. The van der Waals surface area contributed by atoms with E-state index >= 15 is 0 Å². The highest BCUT2D eigenvalue weighted by atomic mass is 16.4. The van der Waals surface area contributed by atoms with E-state index in [0.29, 0.717) is 6.42 Å². The number of unbranched alkanes of at least 4 members (excludes halogenated alkanes) is 7. The maximum Gasteiger partial charge on any atom is 0.303 e. The minimum Gasteiger partial charge on any atom is -0.481 e. The van der Waals surface area contributed by atoms with Crippen molar-refractivity contribution in [3.05, 3.63) is 24.3 Å². The monoisotopic (exact) mass is 338 g/mol. The molecule has 0 spiro atoms. The summed E-state index contributed by atoms with van der Waals surface area (Å²) in [6.07, 6.45) is 22.7. The molecule has 0 aliphatic heterocycles. The number of carbonyl (C=O) groups is 1. The van der Waals surface area contributed by atoms with Gasteiger partial charge in [0.25, 0.3) is 0 Å². The molecule has 0 saturated carbocycles. The summed E-state index contributed by atoms with van der Waals surface area (Å²) in [5.41, 5.74) is 0. The van der Waals surface area contributed by atoms with Crippen LogP contribution in [0.5, 0.6) is 0 Å². The summed E-state index contributed by atoms with van der Waals surface area (Å²) >= 11 is 0. The van der Waals surface area contributed by atoms with Gasteiger partial charge in [0.2, 0.25) is 0 Å². The smallest absolute Gasteiger partial charge is 0.303 e. The van der Waals surface area contributed by atoms with Crippen LogP contribution in [0.2, 0.25) is 0 Å². The average Bonchev–Trinajstić information content (AvgIpc) is 2.55. The molecule has 1 atom stereocenters. The molecule has 0 saturated heterocycles. The Hall–Kier alpha value is -1.09. The topological polar surface area (TPSA) is 57.5 Å². The number of allylic oxidation sites excluding steroid dienone is 4. The number of aliphatic carboxylic acids is 1. The molecule has 0 rings (SSSR count). The zero-order valence-electron chi connectivity index (χ0n) is 15.6. The van der Waals surface area contributed by atoms with Crippen LogP contribution in [-0.2, 0) is 4.79 Å². The Balaban J connectivity index is 3.35. The van der Waals surface area contributed by atoms with Gasteiger partial charge in [-0.05, 0) is 44.9 Å². The predicted molar refractivity (Wildman–Crippen MR) is 102 cm³/mol. The molecule has 0 aliphatic carbocycles. The highest BCUT2D eigenvalue weighted by molar-refractivity contribution is 5.66. The lowest BCUT2D eigenvalue weighted by Gasteiger charge is -2.09.